The largest absolute Gasteiger partial charge is 0.332 e. The summed E-state index contributed by atoms with van der Waals surface area (Å²) in [5, 5.41) is 5.20. The molecule has 2 aromatic rings. The highest BCUT2D eigenvalue weighted by atomic mass is 32.1. The third kappa shape index (κ3) is 6.12. The topological polar surface area (TPSA) is 32.3 Å². The molecule has 3 nitrogen and oxygen atoms in total. The lowest BCUT2D eigenvalue weighted by Crippen LogP contribution is -2.38. The predicted molar refractivity (Wildman–Crippen MR) is 92.7 cm³/mol. The van der Waals surface area contributed by atoms with E-state index in [1.165, 1.54) is 12.1 Å². The van der Waals surface area contributed by atoms with E-state index < -0.39 is 0 Å². The fourth-order valence-corrected chi connectivity index (χ4v) is 2.93. The molecule has 1 heterocycles. The Morgan fingerprint density at radius 3 is 2.57 bits per heavy atom. The number of nitrogens with one attached hydrogen (secondary N) is 1. The smallest absolute Gasteiger partial charge is 0.237 e. The Kier molecular flexibility index (Phi) is 6.74. The number of halogens is 1. The van der Waals surface area contributed by atoms with Crippen LogP contribution in [0.4, 0.5) is 4.39 Å². The Morgan fingerprint density at radius 2 is 1.96 bits per heavy atom. The molecule has 0 saturated heterocycles. The van der Waals surface area contributed by atoms with Crippen LogP contribution >= 0.6 is 11.3 Å². The van der Waals surface area contributed by atoms with Crippen molar-refractivity contribution in [1.29, 1.82) is 0 Å². The molecule has 0 atom stereocenters. The van der Waals surface area contributed by atoms with Crippen LogP contribution in [0, 0.1) is 11.7 Å². The first kappa shape index (κ1) is 17.6. The van der Waals surface area contributed by atoms with Crippen LogP contribution in [0.5, 0.6) is 0 Å². The van der Waals surface area contributed by atoms with Crippen LogP contribution in [-0.2, 0) is 17.9 Å². The van der Waals surface area contributed by atoms with Gasteiger partial charge in [0.25, 0.3) is 0 Å². The van der Waals surface area contributed by atoms with Crippen LogP contribution in [0.25, 0.3) is 0 Å². The number of amides is 1. The molecule has 1 N–H and O–H groups in total. The zero-order valence-corrected chi connectivity index (χ0v) is 14.4. The first-order valence-corrected chi connectivity index (χ1v) is 8.68. The third-order valence-corrected chi connectivity index (χ3v) is 4.26. The molecule has 0 radical (unpaired) electrons. The molecule has 0 saturated carbocycles. The van der Waals surface area contributed by atoms with Crippen molar-refractivity contribution < 1.29 is 9.18 Å². The average Bonchev–Trinajstić information content (AvgIpc) is 3.01. The highest BCUT2D eigenvalue weighted by Gasteiger charge is 2.15. The molecular weight excluding hydrogens is 311 g/mol. The minimum absolute atomic E-state index is 0.0587. The van der Waals surface area contributed by atoms with Gasteiger partial charge >= 0.3 is 0 Å². The quantitative estimate of drug-likeness (QED) is 0.799. The van der Waals surface area contributed by atoms with E-state index in [0.717, 1.165) is 17.0 Å². The number of benzene rings is 1. The maximum atomic E-state index is 13.0. The normalized spacial score (nSPS) is 11.0. The Balaban J connectivity index is 2.01. The monoisotopic (exact) mass is 334 g/mol. The van der Waals surface area contributed by atoms with Gasteiger partial charge in [-0.3, -0.25) is 4.79 Å². The summed E-state index contributed by atoms with van der Waals surface area (Å²) in [6.07, 6.45) is 0. The van der Waals surface area contributed by atoms with Crippen LogP contribution in [-0.4, -0.2) is 23.9 Å². The molecule has 0 unspecified atom stereocenters. The molecule has 0 bridgehead atoms. The summed E-state index contributed by atoms with van der Waals surface area (Å²) in [7, 11) is 0. The van der Waals surface area contributed by atoms with E-state index in [9.17, 15) is 9.18 Å². The van der Waals surface area contributed by atoms with Crippen molar-refractivity contribution in [2.24, 2.45) is 5.92 Å². The highest BCUT2D eigenvalue weighted by Crippen LogP contribution is 2.15. The highest BCUT2D eigenvalue weighted by molar-refractivity contribution is 7.09. The number of rotatable bonds is 8. The predicted octanol–water partition coefficient (Wildman–Crippen LogP) is 3.66. The first-order valence-electron chi connectivity index (χ1n) is 7.80. The van der Waals surface area contributed by atoms with Gasteiger partial charge < -0.3 is 10.2 Å². The Labute approximate surface area is 141 Å². The SMILES string of the molecule is CC(C)CNCC(=O)N(Cc1ccc(F)cc1)Cc1cccs1. The molecule has 23 heavy (non-hydrogen) atoms. The van der Waals surface area contributed by atoms with E-state index >= 15 is 0 Å². The van der Waals surface area contributed by atoms with Crippen molar-refractivity contribution >= 4 is 17.2 Å². The summed E-state index contributed by atoms with van der Waals surface area (Å²) in [4.78, 5) is 15.5. The van der Waals surface area contributed by atoms with E-state index in [1.807, 2.05) is 22.4 Å². The summed E-state index contributed by atoms with van der Waals surface area (Å²) >= 11 is 1.64. The number of nitrogens with zero attached hydrogens (tertiary/aromatic N) is 1. The number of hydrogen-bond donors (Lipinski definition) is 1. The molecule has 1 aromatic heterocycles. The molecule has 0 aliphatic heterocycles. The van der Waals surface area contributed by atoms with Crippen molar-refractivity contribution in [1.82, 2.24) is 10.2 Å². The molecule has 124 valence electrons. The number of thiophene rings is 1. The second-order valence-corrected chi connectivity index (χ2v) is 7.01. The minimum Gasteiger partial charge on any atom is -0.332 e. The lowest BCUT2D eigenvalue weighted by Gasteiger charge is -2.23. The van der Waals surface area contributed by atoms with Crippen LogP contribution in [0.2, 0.25) is 0 Å². The molecule has 1 aromatic carbocycles. The van der Waals surface area contributed by atoms with Gasteiger partial charge in [-0.1, -0.05) is 32.0 Å². The molecular formula is C18H23FN2OS. The van der Waals surface area contributed by atoms with Gasteiger partial charge in [-0.05, 0) is 41.6 Å². The van der Waals surface area contributed by atoms with Crippen LogP contribution in [0.1, 0.15) is 24.3 Å². The fraction of sp³-hybridized carbons (Fsp3) is 0.389. The van der Waals surface area contributed by atoms with Gasteiger partial charge in [0.05, 0.1) is 13.1 Å². The van der Waals surface area contributed by atoms with E-state index in [0.29, 0.717) is 25.6 Å². The van der Waals surface area contributed by atoms with E-state index in [-0.39, 0.29) is 11.7 Å². The van der Waals surface area contributed by atoms with Gasteiger partial charge in [0.15, 0.2) is 0 Å². The zero-order valence-electron chi connectivity index (χ0n) is 13.6. The van der Waals surface area contributed by atoms with Crippen molar-refractivity contribution in [3.63, 3.8) is 0 Å². The lowest BCUT2D eigenvalue weighted by molar-refractivity contribution is -0.131. The summed E-state index contributed by atoms with van der Waals surface area (Å²) < 4.78 is 13.0. The van der Waals surface area contributed by atoms with Crippen molar-refractivity contribution in [3.8, 4) is 0 Å². The van der Waals surface area contributed by atoms with Crippen LogP contribution < -0.4 is 5.32 Å². The molecule has 5 heteroatoms. The molecule has 0 aliphatic rings. The average molecular weight is 334 g/mol. The van der Waals surface area contributed by atoms with Crippen molar-refractivity contribution in [2.45, 2.75) is 26.9 Å². The number of carbonyl (C=O) groups is 1. The van der Waals surface area contributed by atoms with E-state index in [1.54, 1.807) is 23.5 Å². The minimum atomic E-state index is -0.261. The molecule has 0 spiro atoms. The number of carbonyl (C=O) groups excluding carboxylic acids is 1. The molecule has 0 aliphatic carbocycles. The van der Waals surface area contributed by atoms with E-state index in [2.05, 4.69) is 19.2 Å². The Bertz CT molecular complexity index is 596. The van der Waals surface area contributed by atoms with Crippen LogP contribution in [0.15, 0.2) is 41.8 Å². The maximum Gasteiger partial charge on any atom is 0.237 e. The maximum absolute atomic E-state index is 13.0. The summed E-state index contributed by atoms with van der Waals surface area (Å²) in [6, 6.07) is 10.3. The molecule has 0 fully saturated rings. The van der Waals surface area contributed by atoms with Crippen LogP contribution in [0.3, 0.4) is 0 Å². The summed E-state index contributed by atoms with van der Waals surface area (Å²) in [6.45, 7) is 6.43. The standard InChI is InChI=1S/C18H23FN2OS/c1-14(2)10-20-11-18(22)21(13-17-4-3-9-23-17)12-15-5-7-16(19)8-6-15/h3-9,14,20H,10-13H2,1-2H3. The van der Waals surface area contributed by atoms with Gasteiger partial charge in [-0.2, -0.15) is 0 Å². The Hall–Kier alpha value is -1.72. The van der Waals surface area contributed by atoms with Crippen molar-refractivity contribution in [3.05, 3.63) is 58.0 Å². The Morgan fingerprint density at radius 1 is 1.22 bits per heavy atom. The first-order chi connectivity index (χ1) is 11.0. The van der Waals surface area contributed by atoms with Gasteiger partial charge in [-0.25, -0.2) is 4.39 Å². The van der Waals surface area contributed by atoms with E-state index in [4.69, 9.17) is 0 Å². The second kappa shape index (κ2) is 8.79. The zero-order chi connectivity index (χ0) is 16.7. The fourth-order valence-electron chi connectivity index (χ4n) is 2.21. The second-order valence-electron chi connectivity index (χ2n) is 5.98. The van der Waals surface area contributed by atoms with Gasteiger partial charge in [0.2, 0.25) is 5.91 Å². The molecule has 1 amide bonds. The third-order valence-electron chi connectivity index (χ3n) is 3.40. The van der Waals surface area contributed by atoms with Gasteiger partial charge in [0.1, 0.15) is 5.82 Å². The van der Waals surface area contributed by atoms with Crippen molar-refractivity contribution in [2.75, 3.05) is 13.1 Å². The summed E-state index contributed by atoms with van der Waals surface area (Å²) in [5.41, 5.74) is 0.931. The van der Waals surface area contributed by atoms with Gasteiger partial charge in [0, 0.05) is 11.4 Å². The molecule has 2 rings (SSSR count). The lowest BCUT2D eigenvalue weighted by atomic mass is 10.2. The number of hydrogen-bond acceptors (Lipinski definition) is 3. The summed E-state index contributed by atoms with van der Waals surface area (Å²) in [5.74, 6) is 0.303. The van der Waals surface area contributed by atoms with Gasteiger partial charge in [-0.15, -0.1) is 11.3 Å².